The molecule has 2 N–H and O–H groups in total. The van der Waals surface area contributed by atoms with Gasteiger partial charge in [0.2, 0.25) is 0 Å². The van der Waals surface area contributed by atoms with Crippen LogP contribution in [-0.4, -0.2) is 16.1 Å². The molecule has 1 aromatic carbocycles. The number of carboxylic acids is 1. The van der Waals surface area contributed by atoms with Crippen LogP contribution < -0.4 is 5.32 Å². The lowest BCUT2D eigenvalue weighted by molar-refractivity contribution is 0.0695. The van der Waals surface area contributed by atoms with Crippen LogP contribution in [0.25, 0.3) is 0 Å². The number of aryl methyl sites for hydroxylation is 1. The molecule has 0 fully saturated rings. The highest BCUT2D eigenvalue weighted by Crippen LogP contribution is 2.27. The van der Waals surface area contributed by atoms with Crippen molar-refractivity contribution in [3.63, 3.8) is 0 Å². The first-order chi connectivity index (χ1) is 9.00. The molecular formula is C12H10BrFN2O2S. The summed E-state index contributed by atoms with van der Waals surface area (Å²) in [4.78, 5) is 16.0. The highest BCUT2D eigenvalue weighted by Gasteiger charge is 2.15. The maximum atomic E-state index is 14.0. The Bertz CT molecular complexity index is 630. The average molecular weight is 345 g/mol. The molecule has 1 heterocycles. The minimum atomic E-state index is -1.17. The van der Waals surface area contributed by atoms with Crippen molar-refractivity contribution in [2.75, 3.05) is 5.32 Å². The molecular weight excluding hydrogens is 335 g/mol. The molecule has 0 saturated heterocycles. The Morgan fingerprint density at radius 1 is 1.58 bits per heavy atom. The van der Waals surface area contributed by atoms with E-state index in [1.54, 1.807) is 5.51 Å². The number of nitrogens with zero attached hydrogens (tertiary/aromatic N) is 1. The van der Waals surface area contributed by atoms with Gasteiger partial charge >= 0.3 is 5.97 Å². The van der Waals surface area contributed by atoms with Crippen molar-refractivity contribution in [2.45, 2.75) is 13.5 Å². The van der Waals surface area contributed by atoms with E-state index in [4.69, 9.17) is 5.11 Å². The summed E-state index contributed by atoms with van der Waals surface area (Å²) in [7, 11) is 0. The van der Waals surface area contributed by atoms with Gasteiger partial charge in [0.15, 0.2) is 5.82 Å². The number of hydrogen-bond acceptors (Lipinski definition) is 4. The van der Waals surface area contributed by atoms with E-state index in [1.807, 2.05) is 6.92 Å². The van der Waals surface area contributed by atoms with Crippen LogP contribution >= 0.6 is 27.3 Å². The van der Waals surface area contributed by atoms with Crippen molar-refractivity contribution in [1.29, 1.82) is 0 Å². The number of carboxylic acid groups (broad SMARTS) is 1. The quantitative estimate of drug-likeness (QED) is 0.888. The van der Waals surface area contributed by atoms with Gasteiger partial charge in [0.05, 0.1) is 33.5 Å². The fourth-order valence-corrected chi connectivity index (χ4v) is 2.75. The van der Waals surface area contributed by atoms with Crippen LogP contribution in [0, 0.1) is 12.7 Å². The summed E-state index contributed by atoms with van der Waals surface area (Å²) in [5.74, 6) is -1.78. The Kier molecular flexibility index (Phi) is 4.16. The first-order valence-corrected chi connectivity index (χ1v) is 7.02. The normalized spacial score (nSPS) is 10.5. The van der Waals surface area contributed by atoms with E-state index in [0.29, 0.717) is 6.54 Å². The minimum Gasteiger partial charge on any atom is -0.478 e. The van der Waals surface area contributed by atoms with Gasteiger partial charge in [0.1, 0.15) is 0 Å². The third-order valence-corrected chi connectivity index (χ3v) is 4.31. The van der Waals surface area contributed by atoms with Crippen molar-refractivity contribution in [1.82, 2.24) is 4.98 Å². The molecule has 0 amide bonds. The highest BCUT2D eigenvalue weighted by molar-refractivity contribution is 9.10. The van der Waals surface area contributed by atoms with Crippen LogP contribution in [-0.2, 0) is 6.54 Å². The average Bonchev–Trinajstić information content (AvgIpc) is 2.76. The van der Waals surface area contributed by atoms with E-state index in [-0.39, 0.29) is 15.7 Å². The van der Waals surface area contributed by atoms with Gasteiger partial charge in [-0.1, -0.05) is 0 Å². The number of aromatic nitrogens is 1. The minimum absolute atomic E-state index is 0.0500. The Hall–Kier alpha value is -1.47. The first-order valence-electron chi connectivity index (χ1n) is 5.35. The number of halogens is 2. The van der Waals surface area contributed by atoms with Gasteiger partial charge in [0.25, 0.3) is 0 Å². The Balaban J connectivity index is 2.20. The molecule has 4 nitrogen and oxygen atoms in total. The number of nitrogens with one attached hydrogen (secondary N) is 1. The third-order valence-electron chi connectivity index (χ3n) is 2.60. The largest absolute Gasteiger partial charge is 0.478 e. The van der Waals surface area contributed by atoms with Gasteiger partial charge in [-0.25, -0.2) is 14.2 Å². The zero-order chi connectivity index (χ0) is 14.0. The zero-order valence-electron chi connectivity index (χ0n) is 9.91. The molecule has 0 radical (unpaired) electrons. The van der Waals surface area contributed by atoms with Crippen molar-refractivity contribution in [3.05, 3.63) is 44.1 Å². The molecule has 0 atom stereocenters. The SMILES string of the molecule is Cc1ncsc1CNc1ccc(C(=O)O)c(Br)c1F. The van der Waals surface area contributed by atoms with Gasteiger partial charge in [-0.2, -0.15) is 0 Å². The standard InChI is InChI=1S/C12H10BrFN2O2S/c1-6-9(19-5-16-6)4-15-8-3-2-7(12(17)18)10(13)11(8)14/h2-3,5,15H,4H2,1H3,(H,17,18). The molecule has 0 aliphatic heterocycles. The second-order valence-electron chi connectivity index (χ2n) is 3.81. The molecule has 19 heavy (non-hydrogen) atoms. The Labute approximate surface area is 121 Å². The Morgan fingerprint density at radius 2 is 2.32 bits per heavy atom. The van der Waals surface area contributed by atoms with Gasteiger partial charge in [-0.05, 0) is 35.0 Å². The van der Waals surface area contributed by atoms with Crippen molar-refractivity contribution < 1.29 is 14.3 Å². The lowest BCUT2D eigenvalue weighted by Crippen LogP contribution is -2.05. The topological polar surface area (TPSA) is 62.2 Å². The van der Waals surface area contributed by atoms with E-state index in [9.17, 15) is 9.18 Å². The van der Waals surface area contributed by atoms with Crippen molar-refractivity contribution in [3.8, 4) is 0 Å². The lowest BCUT2D eigenvalue weighted by Gasteiger charge is -2.09. The molecule has 2 aromatic rings. The molecule has 0 saturated carbocycles. The molecule has 1 aromatic heterocycles. The van der Waals surface area contributed by atoms with E-state index < -0.39 is 11.8 Å². The number of hydrogen-bond donors (Lipinski definition) is 2. The lowest BCUT2D eigenvalue weighted by atomic mass is 10.2. The second-order valence-corrected chi connectivity index (χ2v) is 5.54. The molecule has 0 spiro atoms. The van der Waals surface area contributed by atoms with Gasteiger partial charge in [-0.15, -0.1) is 11.3 Å². The summed E-state index contributed by atoms with van der Waals surface area (Å²) >= 11 is 4.44. The summed E-state index contributed by atoms with van der Waals surface area (Å²) in [5.41, 5.74) is 2.78. The molecule has 0 unspecified atom stereocenters. The molecule has 0 aliphatic carbocycles. The number of carbonyl (C=O) groups is 1. The van der Waals surface area contributed by atoms with Crippen LogP contribution in [0.1, 0.15) is 20.9 Å². The summed E-state index contributed by atoms with van der Waals surface area (Å²) < 4.78 is 13.9. The number of benzene rings is 1. The highest BCUT2D eigenvalue weighted by atomic mass is 79.9. The number of aromatic carboxylic acids is 1. The summed E-state index contributed by atoms with van der Waals surface area (Å²) in [6.07, 6.45) is 0. The van der Waals surface area contributed by atoms with Crippen molar-refractivity contribution in [2.24, 2.45) is 0 Å². The predicted molar refractivity (Wildman–Crippen MR) is 75.2 cm³/mol. The molecule has 0 aliphatic rings. The van der Waals surface area contributed by atoms with Crippen LogP contribution in [0.4, 0.5) is 10.1 Å². The summed E-state index contributed by atoms with van der Waals surface area (Å²) in [6, 6.07) is 2.78. The number of anilines is 1. The first kappa shape index (κ1) is 14.0. The van der Waals surface area contributed by atoms with Gasteiger partial charge < -0.3 is 10.4 Å². The summed E-state index contributed by atoms with van der Waals surface area (Å²) in [5, 5.41) is 11.8. The molecule has 100 valence electrons. The van der Waals surface area contributed by atoms with Crippen molar-refractivity contribution >= 4 is 38.9 Å². The van der Waals surface area contributed by atoms with Gasteiger partial charge in [-0.3, -0.25) is 0 Å². The maximum absolute atomic E-state index is 14.0. The van der Waals surface area contributed by atoms with Crippen LogP contribution in [0.2, 0.25) is 0 Å². The number of rotatable bonds is 4. The van der Waals surface area contributed by atoms with E-state index in [2.05, 4.69) is 26.2 Å². The third kappa shape index (κ3) is 2.93. The second kappa shape index (κ2) is 5.66. The van der Waals surface area contributed by atoms with E-state index >= 15 is 0 Å². The van der Waals surface area contributed by atoms with Crippen LogP contribution in [0.15, 0.2) is 22.1 Å². The van der Waals surface area contributed by atoms with E-state index in [1.165, 1.54) is 23.5 Å². The van der Waals surface area contributed by atoms with Gasteiger partial charge in [0, 0.05) is 4.88 Å². The van der Waals surface area contributed by atoms with E-state index in [0.717, 1.165) is 10.6 Å². The summed E-state index contributed by atoms with van der Waals surface area (Å²) in [6.45, 7) is 2.33. The number of thiazole rings is 1. The fourth-order valence-electron chi connectivity index (χ4n) is 1.52. The molecule has 2 rings (SSSR count). The monoisotopic (exact) mass is 344 g/mol. The zero-order valence-corrected chi connectivity index (χ0v) is 12.3. The van der Waals surface area contributed by atoms with Crippen LogP contribution in [0.3, 0.4) is 0 Å². The molecule has 7 heteroatoms. The maximum Gasteiger partial charge on any atom is 0.336 e. The Morgan fingerprint density at radius 3 is 2.89 bits per heavy atom. The fraction of sp³-hybridized carbons (Fsp3) is 0.167. The molecule has 0 bridgehead atoms. The predicted octanol–water partition coefficient (Wildman–Crippen LogP) is 3.66. The smallest absolute Gasteiger partial charge is 0.336 e. The van der Waals surface area contributed by atoms with Crippen LogP contribution in [0.5, 0.6) is 0 Å².